The molecule has 6 heteroatoms. The number of benzene rings is 18. The Morgan fingerprint density at radius 2 is 0.449 bits per heavy atom. The topological polar surface area (TPSA) is 52.6 Å². The van der Waals surface area contributed by atoms with E-state index < -0.39 is 12.1 Å². The van der Waals surface area contributed by atoms with Crippen LogP contribution in [0.2, 0.25) is 0 Å². The van der Waals surface area contributed by atoms with Gasteiger partial charge in [-0.15, -0.1) is 22.7 Å². The highest BCUT2D eigenvalue weighted by molar-refractivity contribution is 7.26. The monoisotopic (exact) mass is 1840 g/mol. The Kier molecular flexibility index (Phi) is 22.0. The van der Waals surface area contributed by atoms with E-state index in [1.807, 2.05) is 77.3 Å². The standard InChI is InChI=1S/4C22H20O.2C22H20S/c2*1-22(2,3)17-12-8-14-19-21(17)20-16(11-7-13-18(20)23-19)15-9-5-4-6-10-15;2*1-22(2,3)19-14-8-13-18-17-12-7-11-16(20(17)23-21(18)19)15-9-5-4-6-10-15;1-22(2,3)17-12-8-14-19-21(17)20-16(11-7-13-18(20)23-19)15-9-5-4-6-10-15;1-22(2,3)19-14-8-13-18-17-12-7-11-16(20(17)23-21(18)19)15-9-5-4-6-10-15/h6*4-14H,1-3H3/i4D,5D,6D,9D,10D;;4D,5D,6D,9D,10D;;;. The summed E-state index contributed by atoms with van der Waals surface area (Å²) >= 11 is 3.84. The molecule has 0 aliphatic heterocycles. The third kappa shape index (κ3) is 18.5. The number of hydrogen-bond acceptors (Lipinski definition) is 6. The minimum atomic E-state index is -0.398. The fourth-order valence-corrected chi connectivity index (χ4v) is 22.0. The molecule has 6 heterocycles. The SMILES string of the molecule is CC(C)(C)c1cccc2c1oc1c(-c3ccccc3)cccc12.CC(C)(C)c1cccc2c1sc1c(-c3ccccc3)cccc12.CC(C)(C)c1cccc2oc3cccc(-c4ccccc4)c3c12.CC(C)(C)c1cccc2sc3cccc(-c4ccccc4)c3c12.[2H]c1c([2H])c([2H])c(-c2cccc3c2oc2c(C(C)(C)C)cccc23)c([2H])c1[2H].[2H]c1c([2H])c([2H])c(-c2cccc3oc4cccc(C(C)(C)C)c4c23)c([2H])c1[2H]. The van der Waals surface area contributed by atoms with Gasteiger partial charge in [0, 0.05) is 106 Å². The van der Waals surface area contributed by atoms with Crippen molar-refractivity contribution in [3.63, 3.8) is 0 Å². The zero-order valence-electron chi connectivity index (χ0n) is 91.8. The maximum atomic E-state index is 8.38. The molecule has 138 heavy (non-hydrogen) atoms. The quantitative estimate of drug-likeness (QED) is 0.166. The van der Waals surface area contributed by atoms with Crippen LogP contribution < -0.4 is 0 Å². The van der Waals surface area contributed by atoms with Crippen molar-refractivity contribution in [2.45, 2.75) is 157 Å². The molecule has 0 radical (unpaired) electrons. The number of fused-ring (bicyclic) bond motifs is 18. The molecule has 0 aliphatic rings. The Hall–Kier alpha value is -14.4. The number of para-hydroxylation sites is 4. The second kappa shape index (κ2) is 37.6. The van der Waals surface area contributed by atoms with Crippen molar-refractivity contribution in [3.8, 4) is 66.8 Å². The number of furan rings is 4. The van der Waals surface area contributed by atoms with Crippen molar-refractivity contribution in [1.82, 2.24) is 0 Å². The van der Waals surface area contributed by atoms with Crippen molar-refractivity contribution in [2.75, 3.05) is 0 Å². The maximum Gasteiger partial charge on any atom is 0.143 e. The van der Waals surface area contributed by atoms with Crippen LogP contribution in [0.5, 0.6) is 0 Å². The normalized spacial score (nSPS) is 13.1. The van der Waals surface area contributed by atoms with Crippen LogP contribution >= 0.6 is 22.7 Å². The summed E-state index contributed by atoms with van der Waals surface area (Å²) < 4.78 is 112. The van der Waals surface area contributed by atoms with E-state index >= 15 is 0 Å². The highest BCUT2D eigenvalue weighted by Crippen LogP contribution is 2.50. The molecule has 0 amide bonds. The van der Waals surface area contributed by atoms with Crippen molar-refractivity contribution in [3.05, 3.63) is 434 Å². The average molecular weight is 1840 g/mol. The van der Waals surface area contributed by atoms with Crippen LogP contribution in [0.3, 0.4) is 0 Å². The Labute approximate surface area is 834 Å². The van der Waals surface area contributed by atoms with E-state index in [1.54, 1.807) is 18.2 Å². The predicted molar refractivity (Wildman–Crippen MR) is 598 cm³/mol. The zero-order chi connectivity index (χ0) is 105. The molecule has 24 rings (SSSR count). The second-order valence-electron chi connectivity index (χ2n) is 41.7. The maximum absolute atomic E-state index is 8.38. The van der Waals surface area contributed by atoms with Gasteiger partial charge < -0.3 is 17.7 Å². The molecule has 4 nitrogen and oxygen atoms in total. The first-order valence-electron chi connectivity index (χ1n) is 52.5. The van der Waals surface area contributed by atoms with Crippen LogP contribution in [0, 0.1) is 0 Å². The van der Waals surface area contributed by atoms with Crippen LogP contribution in [0.25, 0.3) is 195 Å². The highest BCUT2D eigenvalue weighted by atomic mass is 32.1. The minimum absolute atomic E-state index is 0.0558. The zero-order valence-corrected chi connectivity index (χ0v) is 83.4. The number of thiophene rings is 2. The van der Waals surface area contributed by atoms with E-state index in [1.165, 1.54) is 123 Å². The molecule has 684 valence electrons. The van der Waals surface area contributed by atoms with Gasteiger partial charge >= 0.3 is 0 Å². The molecular formula is C132H120O4S2. The van der Waals surface area contributed by atoms with E-state index in [9.17, 15) is 0 Å². The van der Waals surface area contributed by atoms with E-state index in [-0.39, 0.29) is 92.0 Å². The first-order valence-corrected chi connectivity index (χ1v) is 49.2. The lowest BCUT2D eigenvalue weighted by molar-refractivity contribution is 0.572. The fourth-order valence-electron chi connectivity index (χ4n) is 19.3. The van der Waals surface area contributed by atoms with Gasteiger partial charge in [0.05, 0.1) is 13.7 Å². The third-order valence-corrected chi connectivity index (χ3v) is 28.3. The van der Waals surface area contributed by atoms with E-state index in [2.05, 4.69) is 392 Å². The predicted octanol–water partition coefficient (Wildman–Crippen LogP) is 40.2. The Morgan fingerprint density at radius 1 is 0.181 bits per heavy atom. The van der Waals surface area contributed by atoms with Gasteiger partial charge in [-0.25, -0.2) is 0 Å². The van der Waals surface area contributed by atoms with Gasteiger partial charge in [-0.05, 0) is 147 Å². The van der Waals surface area contributed by atoms with E-state index in [0.29, 0.717) is 22.3 Å². The van der Waals surface area contributed by atoms with Crippen molar-refractivity contribution in [2.24, 2.45) is 0 Å². The molecular weight excluding hydrogens is 1710 g/mol. The van der Waals surface area contributed by atoms with Crippen molar-refractivity contribution < 1.29 is 31.4 Å². The average Bonchev–Trinajstić information content (AvgIpc) is 1.48. The van der Waals surface area contributed by atoms with Gasteiger partial charge in [-0.2, -0.15) is 0 Å². The number of rotatable bonds is 6. The van der Waals surface area contributed by atoms with Gasteiger partial charge in [0.1, 0.15) is 44.7 Å². The smallest absolute Gasteiger partial charge is 0.143 e. The van der Waals surface area contributed by atoms with Gasteiger partial charge in [0.2, 0.25) is 0 Å². The summed E-state index contributed by atoms with van der Waals surface area (Å²) in [4.78, 5) is 0. The summed E-state index contributed by atoms with van der Waals surface area (Å²) in [6.45, 7) is 40.0. The molecule has 0 saturated heterocycles. The molecule has 0 fully saturated rings. The van der Waals surface area contributed by atoms with Crippen LogP contribution in [0.15, 0.2) is 418 Å². The van der Waals surface area contributed by atoms with E-state index in [4.69, 9.17) is 31.4 Å². The lowest BCUT2D eigenvalue weighted by atomic mass is 9.83. The Morgan fingerprint density at radius 3 is 0.862 bits per heavy atom. The molecule has 0 aliphatic carbocycles. The van der Waals surface area contributed by atoms with Crippen LogP contribution in [-0.4, -0.2) is 0 Å². The van der Waals surface area contributed by atoms with E-state index in [0.717, 1.165) is 71.7 Å². The van der Waals surface area contributed by atoms with Gasteiger partial charge in [0.15, 0.2) is 0 Å². The lowest BCUT2D eigenvalue weighted by Crippen LogP contribution is -2.11. The minimum Gasteiger partial charge on any atom is -0.456 e. The summed E-state index contributed by atoms with van der Waals surface area (Å²) in [5, 5.41) is 14.0. The first kappa shape index (κ1) is 80.8. The molecule has 6 aromatic heterocycles. The summed E-state index contributed by atoms with van der Waals surface area (Å²) in [5.41, 5.74) is 25.9. The molecule has 0 atom stereocenters. The largest absolute Gasteiger partial charge is 0.456 e. The summed E-state index contributed by atoms with van der Waals surface area (Å²) in [7, 11) is 0. The van der Waals surface area contributed by atoms with Crippen molar-refractivity contribution >= 4 is 151 Å². The van der Waals surface area contributed by atoms with Crippen LogP contribution in [-0.2, 0) is 32.5 Å². The van der Waals surface area contributed by atoms with Crippen LogP contribution in [0.4, 0.5) is 0 Å². The highest BCUT2D eigenvalue weighted by Gasteiger charge is 2.29. The Balaban J connectivity index is 0.000000112. The van der Waals surface area contributed by atoms with Crippen molar-refractivity contribution in [1.29, 1.82) is 0 Å². The van der Waals surface area contributed by atoms with Gasteiger partial charge in [-0.1, -0.05) is 488 Å². The molecule has 18 aromatic carbocycles. The summed E-state index contributed by atoms with van der Waals surface area (Å²) in [6, 6.07) is 115. The number of hydrogen-bond donors (Lipinski definition) is 0. The fraction of sp³-hybridized carbons (Fsp3) is 0.182. The molecule has 0 N–H and O–H groups in total. The third-order valence-electron chi connectivity index (χ3n) is 25.9. The lowest BCUT2D eigenvalue weighted by Gasteiger charge is -2.21. The van der Waals surface area contributed by atoms with Gasteiger partial charge in [-0.3, -0.25) is 0 Å². The summed E-state index contributed by atoms with van der Waals surface area (Å²) in [5.74, 6) is 0. The first-order chi connectivity index (χ1) is 70.5. The molecule has 0 spiro atoms. The molecule has 0 bridgehead atoms. The molecule has 0 unspecified atom stereocenters. The molecule has 0 saturated carbocycles. The second-order valence-corrected chi connectivity index (χ2v) is 43.8. The summed E-state index contributed by atoms with van der Waals surface area (Å²) in [6.07, 6.45) is 0. The van der Waals surface area contributed by atoms with Crippen LogP contribution in [0.1, 0.15) is 172 Å². The Bertz CT molecular complexity index is 8810. The van der Waals surface area contributed by atoms with Gasteiger partial charge in [0.25, 0.3) is 0 Å². The molecule has 24 aromatic rings.